The van der Waals surface area contributed by atoms with Crippen LogP contribution in [0.5, 0.6) is 5.75 Å². The predicted molar refractivity (Wildman–Crippen MR) is 52.9 cm³/mol. The van der Waals surface area contributed by atoms with Crippen LogP contribution in [0, 0.1) is 29.1 Å². The molecule has 1 heterocycles. The lowest BCUT2D eigenvalue weighted by Gasteiger charge is -2.12. The quantitative estimate of drug-likeness (QED) is 0.296. The standard InChI is InChI=1S/C11H8F5NO2/c12-5-6(13)8(15)10(9(16)7(5)14)19-11(18)4-2-1-3-17-4/h4,17H,1-3H2/t4-/m1/s1. The van der Waals surface area contributed by atoms with Gasteiger partial charge in [-0.05, 0) is 19.4 Å². The van der Waals surface area contributed by atoms with E-state index in [2.05, 4.69) is 10.1 Å². The van der Waals surface area contributed by atoms with Gasteiger partial charge >= 0.3 is 5.97 Å². The molecule has 1 saturated heterocycles. The molecule has 0 aromatic heterocycles. The maximum atomic E-state index is 13.2. The Labute approximate surface area is 104 Å². The fourth-order valence-electron chi connectivity index (χ4n) is 1.73. The minimum Gasteiger partial charge on any atom is -0.419 e. The van der Waals surface area contributed by atoms with Gasteiger partial charge in [0.1, 0.15) is 6.04 Å². The van der Waals surface area contributed by atoms with E-state index >= 15 is 0 Å². The number of ether oxygens (including phenoxy) is 1. The van der Waals surface area contributed by atoms with Crippen molar-refractivity contribution in [1.29, 1.82) is 0 Å². The van der Waals surface area contributed by atoms with E-state index in [0.29, 0.717) is 19.4 Å². The smallest absolute Gasteiger partial charge is 0.328 e. The molecule has 8 heteroatoms. The molecule has 0 aliphatic carbocycles. The summed E-state index contributed by atoms with van der Waals surface area (Å²) in [6.07, 6.45) is 1.02. The van der Waals surface area contributed by atoms with Crippen LogP contribution in [0.15, 0.2) is 0 Å². The van der Waals surface area contributed by atoms with E-state index in [-0.39, 0.29) is 0 Å². The summed E-state index contributed by atoms with van der Waals surface area (Å²) in [6, 6.07) is -0.810. The molecule has 0 radical (unpaired) electrons. The Hall–Kier alpha value is -1.70. The Balaban J connectivity index is 2.32. The van der Waals surface area contributed by atoms with Crippen LogP contribution in [0.4, 0.5) is 22.0 Å². The Morgan fingerprint density at radius 2 is 1.53 bits per heavy atom. The molecule has 0 bridgehead atoms. The third-order valence-corrected chi connectivity index (χ3v) is 2.72. The summed E-state index contributed by atoms with van der Waals surface area (Å²) in [6.45, 7) is 0.511. The number of rotatable bonds is 2. The zero-order valence-corrected chi connectivity index (χ0v) is 9.40. The van der Waals surface area contributed by atoms with E-state index in [4.69, 9.17) is 0 Å². The van der Waals surface area contributed by atoms with Crippen LogP contribution >= 0.6 is 0 Å². The molecule has 1 N–H and O–H groups in total. The van der Waals surface area contributed by atoms with Crippen LogP contribution in [0.25, 0.3) is 0 Å². The predicted octanol–water partition coefficient (Wildman–Crippen LogP) is 2.04. The summed E-state index contributed by atoms with van der Waals surface area (Å²) in [4.78, 5) is 11.5. The Bertz CT molecular complexity index is 499. The third-order valence-electron chi connectivity index (χ3n) is 2.72. The lowest BCUT2D eigenvalue weighted by atomic mass is 10.2. The SMILES string of the molecule is O=C(Oc1c(F)c(F)c(F)c(F)c1F)[C@H]1CCCN1. The number of esters is 1. The Morgan fingerprint density at radius 1 is 1.00 bits per heavy atom. The van der Waals surface area contributed by atoms with E-state index in [0.717, 1.165) is 0 Å². The maximum Gasteiger partial charge on any atom is 0.328 e. The van der Waals surface area contributed by atoms with Crippen LogP contribution < -0.4 is 10.1 Å². The number of halogens is 5. The van der Waals surface area contributed by atoms with Crippen molar-refractivity contribution in [2.24, 2.45) is 0 Å². The highest BCUT2D eigenvalue weighted by molar-refractivity contribution is 5.78. The molecule has 0 amide bonds. The van der Waals surface area contributed by atoms with E-state index in [1.165, 1.54) is 0 Å². The molecule has 2 rings (SSSR count). The van der Waals surface area contributed by atoms with Gasteiger partial charge in [0.05, 0.1) is 0 Å². The Morgan fingerprint density at radius 3 is 2.00 bits per heavy atom. The van der Waals surface area contributed by atoms with E-state index in [1.807, 2.05) is 0 Å². The van der Waals surface area contributed by atoms with E-state index < -0.39 is 46.8 Å². The van der Waals surface area contributed by atoms with Gasteiger partial charge in [-0.3, -0.25) is 0 Å². The number of hydrogen-bond donors (Lipinski definition) is 1. The van der Waals surface area contributed by atoms with Gasteiger partial charge in [0.2, 0.25) is 34.8 Å². The van der Waals surface area contributed by atoms with Gasteiger partial charge in [0.15, 0.2) is 0 Å². The first-order valence-electron chi connectivity index (χ1n) is 5.40. The number of nitrogens with one attached hydrogen (secondary N) is 1. The fourth-order valence-corrected chi connectivity index (χ4v) is 1.73. The third kappa shape index (κ3) is 2.40. The van der Waals surface area contributed by atoms with Crippen LogP contribution in [0.2, 0.25) is 0 Å². The van der Waals surface area contributed by atoms with Gasteiger partial charge in [-0.1, -0.05) is 0 Å². The summed E-state index contributed by atoms with van der Waals surface area (Å²) in [7, 11) is 0. The topological polar surface area (TPSA) is 38.3 Å². The molecule has 1 aliphatic rings. The highest BCUT2D eigenvalue weighted by Gasteiger charge is 2.31. The van der Waals surface area contributed by atoms with E-state index in [1.54, 1.807) is 0 Å². The van der Waals surface area contributed by atoms with Gasteiger partial charge in [-0.25, -0.2) is 18.0 Å². The fraction of sp³-hybridized carbons (Fsp3) is 0.364. The van der Waals surface area contributed by atoms with Crippen molar-refractivity contribution in [3.8, 4) is 5.75 Å². The van der Waals surface area contributed by atoms with E-state index in [9.17, 15) is 26.7 Å². The first kappa shape index (κ1) is 13.7. The molecule has 104 valence electrons. The van der Waals surface area contributed by atoms with Crippen molar-refractivity contribution in [2.45, 2.75) is 18.9 Å². The van der Waals surface area contributed by atoms with Crippen molar-refractivity contribution in [3.05, 3.63) is 29.1 Å². The van der Waals surface area contributed by atoms with Crippen molar-refractivity contribution in [3.63, 3.8) is 0 Å². The minimum atomic E-state index is -2.30. The van der Waals surface area contributed by atoms with Crippen LogP contribution in [-0.2, 0) is 4.79 Å². The van der Waals surface area contributed by atoms with Gasteiger partial charge in [-0.15, -0.1) is 0 Å². The molecule has 0 saturated carbocycles. The van der Waals surface area contributed by atoms with Gasteiger partial charge in [0, 0.05) is 0 Å². The summed E-state index contributed by atoms with van der Waals surface area (Å²) in [5, 5.41) is 2.68. The summed E-state index contributed by atoms with van der Waals surface area (Å²) in [5.41, 5.74) is 0. The van der Waals surface area contributed by atoms with Crippen molar-refractivity contribution < 1.29 is 31.5 Å². The van der Waals surface area contributed by atoms with Crippen LogP contribution in [0.3, 0.4) is 0 Å². The number of benzene rings is 1. The largest absolute Gasteiger partial charge is 0.419 e. The number of hydrogen-bond acceptors (Lipinski definition) is 3. The van der Waals surface area contributed by atoms with Crippen molar-refractivity contribution >= 4 is 5.97 Å². The molecule has 19 heavy (non-hydrogen) atoms. The zero-order chi connectivity index (χ0) is 14.2. The minimum absolute atomic E-state index is 0.369. The maximum absolute atomic E-state index is 13.2. The zero-order valence-electron chi connectivity index (χ0n) is 9.40. The van der Waals surface area contributed by atoms with Gasteiger partial charge in [-0.2, -0.15) is 8.78 Å². The van der Waals surface area contributed by atoms with Crippen LogP contribution in [-0.4, -0.2) is 18.6 Å². The molecule has 1 aromatic carbocycles. The lowest BCUT2D eigenvalue weighted by molar-refractivity contribution is -0.136. The normalized spacial score (nSPS) is 18.7. The molecule has 1 fully saturated rings. The first-order chi connectivity index (χ1) is 8.93. The molecule has 0 spiro atoms. The molecule has 1 aliphatic heterocycles. The monoisotopic (exact) mass is 281 g/mol. The summed E-state index contributed by atoms with van der Waals surface area (Å²) >= 11 is 0. The summed E-state index contributed by atoms with van der Waals surface area (Å²) in [5.74, 6) is -13.6. The molecule has 1 atom stereocenters. The Kier molecular flexibility index (Phi) is 3.70. The summed E-state index contributed by atoms with van der Waals surface area (Å²) < 4.78 is 69.2. The lowest BCUT2D eigenvalue weighted by Crippen LogP contribution is -2.34. The second-order valence-electron chi connectivity index (χ2n) is 3.97. The van der Waals surface area contributed by atoms with Crippen molar-refractivity contribution in [1.82, 2.24) is 5.32 Å². The molecule has 3 nitrogen and oxygen atoms in total. The van der Waals surface area contributed by atoms with Crippen molar-refractivity contribution in [2.75, 3.05) is 6.54 Å². The molecule has 1 aromatic rings. The first-order valence-corrected chi connectivity index (χ1v) is 5.40. The van der Waals surface area contributed by atoms with Crippen LogP contribution in [0.1, 0.15) is 12.8 Å². The second-order valence-corrected chi connectivity index (χ2v) is 3.97. The average molecular weight is 281 g/mol. The highest BCUT2D eigenvalue weighted by Crippen LogP contribution is 2.29. The second kappa shape index (κ2) is 5.12. The molecular formula is C11H8F5NO2. The number of carbonyl (C=O) groups is 1. The van der Waals surface area contributed by atoms with Gasteiger partial charge in [0.25, 0.3) is 0 Å². The highest BCUT2D eigenvalue weighted by atomic mass is 19.2. The average Bonchev–Trinajstić information content (AvgIpc) is 2.93. The molecule has 0 unspecified atom stereocenters. The number of carbonyl (C=O) groups excluding carboxylic acids is 1. The van der Waals surface area contributed by atoms with Gasteiger partial charge < -0.3 is 10.1 Å². The molecular weight excluding hydrogens is 273 g/mol.